The molecule has 1 fully saturated rings. The van der Waals surface area contributed by atoms with Crippen molar-refractivity contribution in [1.82, 2.24) is 20.7 Å². The molecule has 3 rings (SSSR count). The van der Waals surface area contributed by atoms with E-state index in [4.69, 9.17) is 4.52 Å². The van der Waals surface area contributed by atoms with Gasteiger partial charge in [-0.05, 0) is 43.4 Å². The highest BCUT2D eigenvalue weighted by atomic mass is 19.1. The summed E-state index contributed by atoms with van der Waals surface area (Å²) in [5.74, 6) is 1.89. The monoisotopic (exact) mass is 415 g/mol. The van der Waals surface area contributed by atoms with Gasteiger partial charge in [-0.3, -0.25) is 9.89 Å². The molecule has 6 nitrogen and oxygen atoms in total. The van der Waals surface area contributed by atoms with Gasteiger partial charge < -0.3 is 15.2 Å². The van der Waals surface area contributed by atoms with Crippen molar-refractivity contribution in [2.45, 2.75) is 64.6 Å². The van der Waals surface area contributed by atoms with E-state index >= 15 is 0 Å². The number of aliphatic imine (C=N–C) groups is 1. The maximum Gasteiger partial charge on any atom is 0.191 e. The van der Waals surface area contributed by atoms with Crippen LogP contribution in [-0.4, -0.2) is 42.2 Å². The number of rotatable bonds is 8. The van der Waals surface area contributed by atoms with Crippen molar-refractivity contribution in [3.8, 4) is 0 Å². The van der Waals surface area contributed by atoms with Gasteiger partial charge in [0, 0.05) is 44.7 Å². The molecule has 30 heavy (non-hydrogen) atoms. The molecular formula is C23H34FN5O. The molecule has 1 saturated heterocycles. The molecule has 0 aliphatic carbocycles. The summed E-state index contributed by atoms with van der Waals surface area (Å²) in [5.41, 5.74) is 2.19. The fourth-order valence-corrected chi connectivity index (χ4v) is 3.95. The second kappa shape index (κ2) is 11.1. The molecule has 0 unspecified atom stereocenters. The Hall–Kier alpha value is -2.41. The highest BCUT2D eigenvalue weighted by Gasteiger charge is 2.20. The van der Waals surface area contributed by atoms with Crippen molar-refractivity contribution < 1.29 is 8.91 Å². The number of nitrogens with zero attached hydrogens (tertiary/aromatic N) is 3. The first-order valence-corrected chi connectivity index (χ1v) is 11.0. The van der Waals surface area contributed by atoms with E-state index in [9.17, 15) is 4.39 Å². The van der Waals surface area contributed by atoms with Crippen LogP contribution in [0.1, 0.15) is 62.5 Å². The second-order valence-corrected chi connectivity index (χ2v) is 7.98. The number of aromatic nitrogens is 1. The van der Waals surface area contributed by atoms with Crippen LogP contribution in [0.15, 0.2) is 39.8 Å². The molecule has 1 aliphatic rings. The zero-order valence-electron chi connectivity index (χ0n) is 18.3. The summed E-state index contributed by atoms with van der Waals surface area (Å²) in [6.07, 6.45) is 4.23. The van der Waals surface area contributed by atoms with Crippen LogP contribution in [-0.2, 0) is 13.1 Å². The van der Waals surface area contributed by atoms with Gasteiger partial charge in [-0.1, -0.05) is 31.1 Å². The summed E-state index contributed by atoms with van der Waals surface area (Å²) >= 11 is 0. The summed E-state index contributed by atoms with van der Waals surface area (Å²) in [5, 5.41) is 11.1. The zero-order chi connectivity index (χ0) is 21.3. The average Bonchev–Trinajstić information content (AvgIpc) is 3.23. The number of likely N-dealkylation sites (tertiary alicyclic amines) is 1. The molecule has 0 bridgehead atoms. The minimum atomic E-state index is -0.183. The third-order valence-electron chi connectivity index (χ3n) is 5.88. The predicted octanol–water partition coefficient (Wildman–Crippen LogP) is 4.05. The number of nitrogens with one attached hydrogen (secondary N) is 2. The first-order chi connectivity index (χ1) is 14.6. The largest absolute Gasteiger partial charge is 0.359 e. The van der Waals surface area contributed by atoms with Crippen LogP contribution >= 0.6 is 0 Å². The van der Waals surface area contributed by atoms with Gasteiger partial charge in [0.15, 0.2) is 11.7 Å². The fraction of sp³-hybridized carbons (Fsp3) is 0.565. The van der Waals surface area contributed by atoms with Gasteiger partial charge in [0.25, 0.3) is 0 Å². The first kappa shape index (κ1) is 22.3. The van der Waals surface area contributed by atoms with E-state index < -0.39 is 0 Å². The smallest absolute Gasteiger partial charge is 0.191 e. The summed E-state index contributed by atoms with van der Waals surface area (Å²) < 4.78 is 18.6. The lowest BCUT2D eigenvalue weighted by atomic mass is 9.99. The molecule has 0 saturated carbocycles. The molecule has 2 N–H and O–H groups in total. The van der Waals surface area contributed by atoms with Gasteiger partial charge >= 0.3 is 0 Å². The molecule has 164 valence electrons. The Morgan fingerprint density at radius 3 is 2.57 bits per heavy atom. The van der Waals surface area contributed by atoms with Crippen molar-refractivity contribution >= 4 is 5.96 Å². The van der Waals surface area contributed by atoms with E-state index in [-0.39, 0.29) is 5.82 Å². The number of halogens is 1. The van der Waals surface area contributed by atoms with E-state index in [1.54, 1.807) is 7.05 Å². The Bertz CT molecular complexity index is 792. The normalized spacial score (nSPS) is 16.2. The Kier molecular flexibility index (Phi) is 8.25. The summed E-state index contributed by atoms with van der Waals surface area (Å²) in [6.45, 7) is 7.80. The molecule has 1 aliphatic heterocycles. The molecule has 0 amide bonds. The summed E-state index contributed by atoms with van der Waals surface area (Å²) in [4.78, 5) is 6.76. The molecule has 1 aromatic heterocycles. The third-order valence-corrected chi connectivity index (χ3v) is 5.88. The molecule has 0 spiro atoms. The highest BCUT2D eigenvalue weighted by Crippen LogP contribution is 2.22. The molecule has 0 radical (unpaired) electrons. The van der Waals surface area contributed by atoms with E-state index in [1.807, 2.05) is 18.2 Å². The maximum atomic E-state index is 13.1. The Labute approximate surface area is 178 Å². The lowest BCUT2D eigenvalue weighted by Crippen LogP contribution is -2.48. The van der Waals surface area contributed by atoms with Crippen molar-refractivity contribution in [3.05, 3.63) is 53.2 Å². The second-order valence-electron chi connectivity index (χ2n) is 7.98. The standard InChI is InChI=1S/C23H34FN5O/c1-4-18(5-2)22-14-21(30-28-22)15-26-23(25-3)27-20-10-12-29(13-11-20)16-17-6-8-19(24)9-7-17/h6-9,14,18,20H,4-5,10-13,15-16H2,1-3H3,(H2,25,26,27). The fourth-order valence-electron chi connectivity index (χ4n) is 3.95. The van der Waals surface area contributed by atoms with Crippen LogP contribution in [0, 0.1) is 5.82 Å². The van der Waals surface area contributed by atoms with Gasteiger partial charge in [-0.15, -0.1) is 0 Å². The SMILES string of the molecule is CCC(CC)c1cc(CNC(=NC)NC2CCN(Cc3ccc(F)cc3)CC2)on1. The zero-order valence-corrected chi connectivity index (χ0v) is 18.3. The predicted molar refractivity (Wildman–Crippen MR) is 118 cm³/mol. The lowest BCUT2D eigenvalue weighted by molar-refractivity contribution is 0.198. The third kappa shape index (κ3) is 6.29. The highest BCUT2D eigenvalue weighted by molar-refractivity contribution is 5.79. The minimum Gasteiger partial charge on any atom is -0.359 e. The van der Waals surface area contributed by atoms with Crippen LogP contribution in [0.2, 0.25) is 0 Å². The Morgan fingerprint density at radius 1 is 1.23 bits per heavy atom. The number of benzene rings is 1. The number of guanidine groups is 1. The van der Waals surface area contributed by atoms with Crippen molar-refractivity contribution in [3.63, 3.8) is 0 Å². The maximum absolute atomic E-state index is 13.1. The quantitative estimate of drug-likeness (QED) is 0.503. The van der Waals surface area contributed by atoms with E-state index in [0.717, 1.165) is 68.3 Å². The van der Waals surface area contributed by atoms with Crippen LogP contribution in [0.4, 0.5) is 4.39 Å². The van der Waals surface area contributed by atoms with Crippen molar-refractivity contribution in [1.29, 1.82) is 0 Å². The van der Waals surface area contributed by atoms with Crippen LogP contribution in [0.25, 0.3) is 0 Å². The van der Waals surface area contributed by atoms with Crippen LogP contribution in [0.5, 0.6) is 0 Å². The van der Waals surface area contributed by atoms with Crippen LogP contribution in [0.3, 0.4) is 0 Å². The Morgan fingerprint density at radius 2 is 1.93 bits per heavy atom. The lowest BCUT2D eigenvalue weighted by Gasteiger charge is -2.33. The molecule has 0 atom stereocenters. The molecule has 1 aromatic carbocycles. The molecule has 7 heteroatoms. The van der Waals surface area contributed by atoms with E-state index in [0.29, 0.717) is 18.5 Å². The topological polar surface area (TPSA) is 65.7 Å². The van der Waals surface area contributed by atoms with Crippen LogP contribution < -0.4 is 10.6 Å². The van der Waals surface area contributed by atoms with Gasteiger partial charge in [0.2, 0.25) is 0 Å². The Balaban J connectivity index is 1.41. The van der Waals surface area contributed by atoms with Crippen molar-refractivity contribution in [2.24, 2.45) is 4.99 Å². The molecule has 2 heterocycles. The number of hydrogen-bond acceptors (Lipinski definition) is 4. The molecule has 2 aromatic rings. The van der Waals surface area contributed by atoms with Gasteiger partial charge in [-0.2, -0.15) is 0 Å². The van der Waals surface area contributed by atoms with Crippen molar-refractivity contribution in [2.75, 3.05) is 20.1 Å². The summed E-state index contributed by atoms with van der Waals surface area (Å²) in [7, 11) is 1.79. The van der Waals surface area contributed by atoms with E-state index in [1.165, 1.54) is 12.1 Å². The van der Waals surface area contributed by atoms with Gasteiger partial charge in [-0.25, -0.2) is 4.39 Å². The number of piperidine rings is 1. The average molecular weight is 416 g/mol. The first-order valence-electron chi connectivity index (χ1n) is 11.0. The molecular weight excluding hydrogens is 381 g/mol. The van der Waals surface area contributed by atoms with Gasteiger partial charge in [0.05, 0.1) is 12.2 Å². The minimum absolute atomic E-state index is 0.183. The van der Waals surface area contributed by atoms with E-state index in [2.05, 4.69) is 39.5 Å². The van der Waals surface area contributed by atoms with Gasteiger partial charge in [0.1, 0.15) is 5.82 Å². The number of hydrogen-bond donors (Lipinski definition) is 2. The summed E-state index contributed by atoms with van der Waals surface area (Å²) in [6, 6.07) is 9.22.